The van der Waals surface area contributed by atoms with Gasteiger partial charge in [0.2, 0.25) is 0 Å². The second-order valence-electron chi connectivity index (χ2n) is 3.54. The predicted octanol–water partition coefficient (Wildman–Crippen LogP) is 0.908. The van der Waals surface area contributed by atoms with Gasteiger partial charge in [-0.1, -0.05) is 30.3 Å². The lowest BCUT2D eigenvalue weighted by atomic mass is 10.1. The molecule has 0 amide bonds. The highest BCUT2D eigenvalue weighted by molar-refractivity contribution is 5.84. The number of nitrogens with zero attached hydrogens (tertiary/aromatic N) is 4. The van der Waals surface area contributed by atoms with Crippen LogP contribution in [0.15, 0.2) is 36.4 Å². The van der Waals surface area contributed by atoms with Gasteiger partial charge in [0.05, 0.1) is 7.11 Å². The van der Waals surface area contributed by atoms with Crippen LogP contribution < -0.4 is 0 Å². The molecule has 1 aromatic heterocycles. The summed E-state index contributed by atoms with van der Waals surface area (Å²) in [5, 5.41) is 11.3. The molecule has 6 nitrogen and oxygen atoms in total. The quantitative estimate of drug-likeness (QED) is 0.590. The first-order valence-electron chi connectivity index (χ1n) is 5.36. The van der Waals surface area contributed by atoms with Gasteiger partial charge in [-0.3, -0.25) is 0 Å². The van der Waals surface area contributed by atoms with E-state index in [9.17, 15) is 4.79 Å². The first-order chi connectivity index (χ1) is 8.79. The van der Waals surface area contributed by atoms with Gasteiger partial charge >= 0.3 is 5.97 Å². The highest BCUT2D eigenvalue weighted by atomic mass is 16.5. The van der Waals surface area contributed by atoms with Crippen molar-refractivity contribution >= 4 is 12.2 Å². The third kappa shape index (κ3) is 3.00. The number of aromatic nitrogens is 4. The Bertz CT molecular complexity index is 548. The predicted molar refractivity (Wildman–Crippen MR) is 64.4 cm³/mol. The zero-order valence-electron chi connectivity index (χ0n) is 9.85. The fourth-order valence-electron chi connectivity index (χ4n) is 1.42. The van der Waals surface area contributed by atoms with E-state index in [1.54, 1.807) is 0 Å². The molecule has 0 aliphatic heterocycles. The molecule has 0 aliphatic rings. The number of hydrogen-bond donors (Lipinski definition) is 0. The molecule has 0 saturated heterocycles. The Morgan fingerprint density at radius 2 is 2.17 bits per heavy atom. The minimum absolute atomic E-state index is 0.448. The Morgan fingerprint density at radius 3 is 2.89 bits per heavy atom. The molecule has 92 valence electrons. The Hall–Kier alpha value is -2.50. The lowest BCUT2D eigenvalue weighted by Gasteiger charge is -1.99. The van der Waals surface area contributed by atoms with Crippen molar-refractivity contribution in [1.82, 2.24) is 20.2 Å². The van der Waals surface area contributed by atoms with Crippen molar-refractivity contribution in [3.05, 3.63) is 47.8 Å². The van der Waals surface area contributed by atoms with Crippen LogP contribution in [0.5, 0.6) is 0 Å². The number of carbonyl (C=O) groups excluding carboxylic acids is 1. The zero-order valence-corrected chi connectivity index (χ0v) is 9.85. The number of carbonyl (C=O) groups is 1. The van der Waals surface area contributed by atoms with E-state index in [0.29, 0.717) is 12.2 Å². The number of rotatable bonds is 4. The van der Waals surface area contributed by atoms with Crippen molar-refractivity contribution in [1.29, 1.82) is 0 Å². The summed E-state index contributed by atoms with van der Waals surface area (Å²) in [6, 6.07) is 9.83. The van der Waals surface area contributed by atoms with Crippen LogP contribution in [0.1, 0.15) is 11.4 Å². The Morgan fingerprint density at radius 1 is 1.39 bits per heavy atom. The fraction of sp³-hybridized carbons (Fsp3) is 0.167. The molecule has 6 heteroatoms. The van der Waals surface area contributed by atoms with Crippen LogP contribution in [0, 0.1) is 0 Å². The number of methoxy groups -OCH3 is 1. The minimum atomic E-state index is -0.448. The number of esters is 1. The van der Waals surface area contributed by atoms with E-state index < -0.39 is 5.97 Å². The van der Waals surface area contributed by atoms with Crippen molar-refractivity contribution in [2.24, 2.45) is 0 Å². The van der Waals surface area contributed by atoms with Gasteiger partial charge in [-0.05, 0) is 16.0 Å². The van der Waals surface area contributed by atoms with E-state index in [2.05, 4.69) is 20.3 Å². The summed E-state index contributed by atoms with van der Waals surface area (Å²) < 4.78 is 5.95. The average Bonchev–Trinajstić information content (AvgIpc) is 2.84. The van der Waals surface area contributed by atoms with Gasteiger partial charge in [-0.25, -0.2) is 9.48 Å². The van der Waals surface area contributed by atoms with Gasteiger partial charge in [-0.2, -0.15) is 0 Å². The summed E-state index contributed by atoms with van der Waals surface area (Å²) in [6.45, 7) is 0. The molecule has 1 heterocycles. The Kier molecular flexibility index (Phi) is 3.80. The molecule has 0 N–H and O–H groups in total. The number of ether oxygens (including phenoxy) is 1. The molecule has 1 aromatic carbocycles. The highest BCUT2D eigenvalue weighted by Gasteiger charge is 2.05. The molecular formula is C12H12N4O2. The van der Waals surface area contributed by atoms with Gasteiger partial charge in [0.15, 0.2) is 5.82 Å². The molecule has 0 spiro atoms. The number of benzene rings is 1. The van der Waals surface area contributed by atoms with Gasteiger partial charge in [0.25, 0.3) is 0 Å². The van der Waals surface area contributed by atoms with Crippen molar-refractivity contribution in [3.8, 4) is 0 Å². The summed E-state index contributed by atoms with van der Waals surface area (Å²) >= 11 is 0. The molecule has 18 heavy (non-hydrogen) atoms. The second-order valence-corrected chi connectivity index (χ2v) is 3.54. The Balaban J connectivity index is 2.13. The maximum absolute atomic E-state index is 11.0. The summed E-state index contributed by atoms with van der Waals surface area (Å²) in [5.74, 6) is 0.206. The largest absolute Gasteiger partial charge is 0.466 e. The summed E-state index contributed by atoms with van der Waals surface area (Å²) in [7, 11) is 1.32. The second kappa shape index (κ2) is 5.72. The van der Waals surface area contributed by atoms with Gasteiger partial charge in [-0.15, -0.1) is 5.10 Å². The normalized spacial score (nSPS) is 10.7. The van der Waals surface area contributed by atoms with E-state index in [0.717, 1.165) is 5.56 Å². The molecule has 0 saturated carbocycles. The van der Waals surface area contributed by atoms with Crippen LogP contribution in [0.25, 0.3) is 6.20 Å². The SMILES string of the molecule is COC(=O)/C=C/n1nnnc1Cc1ccccc1. The molecule has 0 radical (unpaired) electrons. The maximum atomic E-state index is 11.0. The van der Waals surface area contributed by atoms with Crippen LogP contribution in [-0.2, 0) is 16.0 Å². The van der Waals surface area contributed by atoms with E-state index in [-0.39, 0.29) is 0 Å². The molecule has 0 fully saturated rings. The van der Waals surface area contributed by atoms with Gasteiger partial charge in [0.1, 0.15) is 0 Å². The lowest BCUT2D eigenvalue weighted by Crippen LogP contribution is -2.01. The third-order valence-electron chi connectivity index (χ3n) is 2.32. The van der Waals surface area contributed by atoms with E-state index in [4.69, 9.17) is 0 Å². The standard InChI is InChI=1S/C12H12N4O2/c1-18-12(17)7-8-16-11(13-14-15-16)9-10-5-3-2-4-6-10/h2-8H,9H2,1H3/b8-7+. The zero-order chi connectivity index (χ0) is 12.8. The third-order valence-corrected chi connectivity index (χ3v) is 2.32. The van der Waals surface area contributed by atoms with Crippen molar-refractivity contribution in [2.75, 3.05) is 7.11 Å². The van der Waals surface area contributed by atoms with Gasteiger partial charge in [0, 0.05) is 18.7 Å². The number of hydrogen-bond acceptors (Lipinski definition) is 5. The molecule has 2 aromatic rings. The first kappa shape index (κ1) is 12.0. The van der Waals surface area contributed by atoms with Gasteiger partial charge < -0.3 is 4.74 Å². The monoisotopic (exact) mass is 244 g/mol. The summed E-state index contributed by atoms with van der Waals surface area (Å²) in [4.78, 5) is 11.0. The topological polar surface area (TPSA) is 69.9 Å². The van der Waals surface area contributed by atoms with Crippen LogP contribution in [0.3, 0.4) is 0 Å². The van der Waals surface area contributed by atoms with Crippen molar-refractivity contribution < 1.29 is 9.53 Å². The molecule has 2 rings (SSSR count). The fourth-order valence-corrected chi connectivity index (χ4v) is 1.42. The smallest absolute Gasteiger partial charge is 0.332 e. The summed E-state index contributed by atoms with van der Waals surface area (Å²) in [5.41, 5.74) is 1.10. The summed E-state index contributed by atoms with van der Waals surface area (Å²) in [6.07, 6.45) is 3.34. The maximum Gasteiger partial charge on any atom is 0.332 e. The van der Waals surface area contributed by atoms with E-state index >= 15 is 0 Å². The van der Waals surface area contributed by atoms with Crippen LogP contribution in [-0.4, -0.2) is 33.3 Å². The van der Waals surface area contributed by atoms with Crippen LogP contribution in [0.4, 0.5) is 0 Å². The lowest BCUT2D eigenvalue weighted by molar-refractivity contribution is -0.134. The molecule has 0 atom stereocenters. The number of tetrazole rings is 1. The first-order valence-corrected chi connectivity index (χ1v) is 5.36. The molecule has 0 bridgehead atoms. The highest BCUT2D eigenvalue weighted by Crippen LogP contribution is 2.05. The van der Waals surface area contributed by atoms with Crippen LogP contribution >= 0.6 is 0 Å². The molecule has 0 unspecified atom stereocenters. The van der Waals surface area contributed by atoms with Crippen molar-refractivity contribution in [2.45, 2.75) is 6.42 Å². The average molecular weight is 244 g/mol. The van der Waals surface area contributed by atoms with Crippen LogP contribution in [0.2, 0.25) is 0 Å². The molecular weight excluding hydrogens is 232 g/mol. The van der Waals surface area contributed by atoms with Crippen molar-refractivity contribution in [3.63, 3.8) is 0 Å². The Labute approximate surface area is 104 Å². The van der Waals surface area contributed by atoms with E-state index in [1.165, 1.54) is 24.1 Å². The minimum Gasteiger partial charge on any atom is -0.466 e. The molecule has 0 aliphatic carbocycles. The van der Waals surface area contributed by atoms with E-state index in [1.807, 2.05) is 30.3 Å².